The first kappa shape index (κ1) is 17.9. The Hall–Kier alpha value is -1.48. The number of carbonyl (C=O) groups is 2. The topological polar surface area (TPSA) is 37.4 Å². The third kappa shape index (κ3) is 5.58. The summed E-state index contributed by atoms with van der Waals surface area (Å²) < 4.78 is 0. The predicted octanol–water partition coefficient (Wildman–Crippen LogP) is 4.04. The Labute approximate surface area is 140 Å². The molecule has 0 heterocycles. The lowest BCUT2D eigenvalue weighted by Crippen LogP contribution is -2.27. The molecule has 1 fully saturated rings. The van der Waals surface area contributed by atoms with Crippen LogP contribution in [0.2, 0.25) is 0 Å². The summed E-state index contributed by atoms with van der Waals surface area (Å²) >= 11 is 0. The Kier molecular flexibility index (Phi) is 6.97. The van der Waals surface area contributed by atoms with Crippen molar-refractivity contribution in [3.05, 3.63) is 35.4 Å². The second-order valence-electron chi connectivity index (χ2n) is 6.84. The Morgan fingerprint density at radius 2 is 1.70 bits per heavy atom. The molecule has 0 N–H and O–H groups in total. The summed E-state index contributed by atoms with van der Waals surface area (Å²) in [5.41, 5.74) is 1.85. The fourth-order valence-electron chi connectivity index (χ4n) is 3.35. The molecule has 0 unspecified atom stereocenters. The van der Waals surface area contributed by atoms with Crippen LogP contribution in [-0.2, 0) is 4.79 Å². The highest BCUT2D eigenvalue weighted by molar-refractivity contribution is 5.97. The summed E-state index contributed by atoms with van der Waals surface area (Å²) in [6, 6.07) is 7.73. The molecule has 1 aromatic carbocycles. The van der Waals surface area contributed by atoms with E-state index in [1.807, 2.05) is 38.2 Å². The van der Waals surface area contributed by atoms with E-state index in [1.54, 1.807) is 0 Å². The van der Waals surface area contributed by atoms with Gasteiger partial charge < -0.3 is 4.90 Å². The molecule has 1 saturated carbocycles. The summed E-state index contributed by atoms with van der Waals surface area (Å²) in [5.74, 6) is 0.904. The van der Waals surface area contributed by atoms with Crippen LogP contribution in [0, 0.1) is 12.8 Å². The minimum Gasteiger partial charge on any atom is -0.305 e. The van der Waals surface area contributed by atoms with Gasteiger partial charge in [0.2, 0.25) is 0 Å². The van der Waals surface area contributed by atoms with Crippen molar-refractivity contribution < 1.29 is 9.59 Å². The van der Waals surface area contributed by atoms with E-state index in [-0.39, 0.29) is 5.78 Å². The van der Waals surface area contributed by atoms with Gasteiger partial charge in [0.1, 0.15) is 5.78 Å². The number of rotatable bonds is 8. The van der Waals surface area contributed by atoms with Gasteiger partial charge in [0.15, 0.2) is 5.78 Å². The number of hydrogen-bond acceptors (Lipinski definition) is 3. The molecule has 0 spiro atoms. The van der Waals surface area contributed by atoms with E-state index >= 15 is 0 Å². The number of nitrogens with zero attached hydrogens (tertiary/aromatic N) is 1. The second-order valence-corrected chi connectivity index (χ2v) is 6.84. The van der Waals surface area contributed by atoms with Crippen LogP contribution >= 0.6 is 0 Å². The van der Waals surface area contributed by atoms with Gasteiger partial charge in [-0.3, -0.25) is 9.59 Å². The number of Topliss-reactive ketones (excluding diaryl/α,β-unsaturated/α-hetero) is 2. The Bertz CT molecular complexity index is 532. The Morgan fingerprint density at radius 3 is 2.39 bits per heavy atom. The normalized spacial score (nSPS) is 15.8. The molecule has 0 saturated heterocycles. The number of hydrogen-bond donors (Lipinski definition) is 0. The maximum atomic E-state index is 12.3. The number of carbonyl (C=O) groups excluding carboxylic acids is 2. The van der Waals surface area contributed by atoms with Crippen molar-refractivity contribution in [3.63, 3.8) is 0 Å². The van der Waals surface area contributed by atoms with E-state index in [9.17, 15) is 9.59 Å². The highest BCUT2D eigenvalue weighted by atomic mass is 16.1. The molecule has 23 heavy (non-hydrogen) atoms. The molecule has 1 aliphatic carbocycles. The van der Waals surface area contributed by atoms with Crippen molar-refractivity contribution in [1.82, 2.24) is 4.90 Å². The van der Waals surface area contributed by atoms with Gasteiger partial charge >= 0.3 is 0 Å². The van der Waals surface area contributed by atoms with Crippen LogP contribution in [0.25, 0.3) is 0 Å². The predicted molar refractivity (Wildman–Crippen MR) is 93.8 cm³/mol. The smallest absolute Gasteiger partial charge is 0.164 e. The first-order chi connectivity index (χ1) is 11.1. The van der Waals surface area contributed by atoms with Crippen molar-refractivity contribution in [3.8, 4) is 0 Å². The molecule has 1 aromatic rings. The Balaban J connectivity index is 1.70. The summed E-state index contributed by atoms with van der Waals surface area (Å²) in [6.45, 7) is 3.45. The summed E-state index contributed by atoms with van der Waals surface area (Å²) in [4.78, 5) is 26.6. The third-order valence-corrected chi connectivity index (χ3v) is 4.97. The summed E-state index contributed by atoms with van der Waals surface area (Å²) in [6.07, 6.45) is 6.99. The van der Waals surface area contributed by atoms with E-state index in [2.05, 4.69) is 4.90 Å². The van der Waals surface area contributed by atoms with Crippen LogP contribution in [0.15, 0.2) is 24.3 Å². The molecule has 0 radical (unpaired) electrons. The Morgan fingerprint density at radius 1 is 1.04 bits per heavy atom. The van der Waals surface area contributed by atoms with Crippen LogP contribution < -0.4 is 0 Å². The van der Waals surface area contributed by atoms with Gasteiger partial charge in [0.25, 0.3) is 0 Å². The summed E-state index contributed by atoms with van der Waals surface area (Å²) in [5, 5.41) is 0. The van der Waals surface area contributed by atoms with E-state index < -0.39 is 0 Å². The highest BCUT2D eigenvalue weighted by Crippen LogP contribution is 2.25. The van der Waals surface area contributed by atoms with Crippen LogP contribution in [0.5, 0.6) is 0 Å². The first-order valence-electron chi connectivity index (χ1n) is 8.88. The van der Waals surface area contributed by atoms with Gasteiger partial charge in [-0.2, -0.15) is 0 Å². The van der Waals surface area contributed by atoms with Crippen molar-refractivity contribution in [2.24, 2.45) is 5.92 Å². The standard InChI is InChI=1S/C20H29NO2/c1-16-8-6-7-11-18(16)20(23)13-15-21(2)14-12-19(22)17-9-4-3-5-10-17/h6-8,11,17H,3-5,9-10,12-15H2,1-2H3. The monoisotopic (exact) mass is 315 g/mol. The third-order valence-electron chi connectivity index (χ3n) is 4.97. The maximum absolute atomic E-state index is 12.3. The van der Waals surface area contributed by atoms with Crippen molar-refractivity contribution in [1.29, 1.82) is 0 Å². The SMILES string of the molecule is Cc1ccccc1C(=O)CCN(C)CCC(=O)C1CCCCC1. The number of ketones is 2. The van der Waals surface area contributed by atoms with Gasteiger partial charge in [-0.15, -0.1) is 0 Å². The number of benzene rings is 1. The molecule has 3 heteroatoms. The lowest BCUT2D eigenvalue weighted by atomic mass is 9.85. The molecule has 2 rings (SSSR count). The average molecular weight is 315 g/mol. The molecule has 0 bridgehead atoms. The fraction of sp³-hybridized carbons (Fsp3) is 0.600. The summed E-state index contributed by atoms with van der Waals surface area (Å²) in [7, 11) is 2.00. The molecule has 0 aromatic heterocycles. The van der Waals surface area contributed by atoms with Gasteiger partial charge in [0.05, 0.1) is 0 Å². The molecule has 0 atom stereocenters. The molecule has 3 nitrogen and oxygen atoms in total. The van der Waals surface area contributed by atoms with Gasteiger partial charge in [0, 0.05) is 37.4 Å². The minimum atomic E-state index is 0.188. The molecular formula is C20H29NO2. The first-order valence-corrected chi connectivity index (χ1v) is 8.88. The van der Waals surface area contributed by atoms with Crippen molar-refractivity contribution in [2.75, 3.05) is 20.1 Å². The van der Waals surface area contributed by atoms with Crippen LogP contribution in [0.4, 0.5) is 0 Å². The fourth-order valence-corrected chi connectivity index (χ4v) is 3.35. The lowest BCUT2D eigenvalue weighted by Gasteiger charge is -2.22. The minimum absolute atomic E-state index is 0.188. The zero-order valence-electron chi connectivity index (χ0n) is 14.5. The van der Waals surface area contributed by atoms with E-state index in [1.165, 1.54) is 19.3 Å². The highest BCUT2D eigenvalue weighted by Gasteiger charge is 2.21. The maximum Gasteiger partial charge on any atom is 0.164 e. The van der Waals surface area contributed by atoms with Crippen LogP contribution in [0.1, 0.15) is 60.9 Å². The van der Waals surface area contributed by atoms with Gasteiger partial charge in [-0.05, 0) is 32.4 Å². The average Bonchev–Trinajstić information content (AvgIpc) is 2.58. The van der Waals surface area contributed by atoms with Gasteiger partial charge in [-0.25, -0.2) is 0 Å². The van der Waals surface area contributed by atoms with E-state index in [4.69, 9.17) is 0 Å². The van der Waals surface area contributed by atoms with Crippen LogP contribution in [0.3, 0.4) is 0 Å². The zero-order valence-corrected chi connectivity index (χ0v) is 14.5. The zero-order chi connectivity index (χ0) is 16.7. The van der Waals surface area contributed by atoms with Gasteiger partial charge in [-0.1, -0.05) is 43.5 Å². The van der Waals surface area contributed by atoms with Crippen molar-refractivity contribution in [2.45, 2.75) is 51.9 Å². The molecule has 0 amide bonds. The second kappa shape index (κ2) is 8.97. The van der Waals surface area contributed by atoms with E-state index in [0.717, 1.165) is 30.5 Å². The van der Waals surface area contributed by atoms with Crippen LogP contribution in [-0.4, -0.2) is 36.6 Å². The molecule has 0 aliphatic heterocycles. The largest absolute Gasteiger partial charge is 0.305 e. The number of aryl methyl sites for hydroxylation is 1. The molecule has 126 valence electrons. The van der Waals surface area contributed by atoms with E-state index in [0.29, 0.717) is 31.1 Å². The molecule has 1 aliphatic rings. The molecular weight excluding hydrogens is 286 g/mol. The van der Waals surface area contributed by atoms with Crippen molar-refractivity contribution >= 4 is 11.6 Å². The quantitative estimate of drug-likeness (QED) is 0.679. The lowest BCUT2D eigenvalue weighted by molar-refractivity contribution is -0.124.